The minimum absolute atomic E-state index is 0.0803. The van der Waals surface area contributed by atoms with Crippen LogP contribution < -0.4 is 5.73 Å². The van der Waals surface area contributed by atoms with E-state index in [1.54, 1.807) is 12.4 Å². The van der Waals surface area contributed by atoms with Crippen LogP contribution in [0.1, 0.15) is 18.2 Å². The Labute approximate surface area is 117 Å². The van der Waals surface area contributed by atoms with E-state index in [1.165, 1.54) is 4.90 Å². The lowest BCUT2D eigenvalue weighted by molar-refractivity contribution is 0.155. The van der Waals surface area contributed by atoms with Crippen molar-refractivity contribution in [1.82, 2.24) is 19.3 Å². The van der Waals surface area contributed by atoms with Gasteiger partial charge in [0.15, 0.2) is 5.82 Å². The topological polar surface area (TPSA) is 96.8 Å². The highest BCUT2D eigenvalue weighted by molar-refractivity contribution is 9.10. The number of fused-ring (bicyclic) bond motifs is 1. The number of carboxylic acid groups (broad SMARTS) is 1. The van der Waals surface area contributed by atoms with Gasteiger partial charge in [-0.05, 0) is 22.4 Å². The number of aromatic nitrogens is 3. The Balaban J connectivity index is 2.03. The van der Waals surface area contributed by atoms with E-state index < -0.39 is 6.09 Å². The van der Waals surface area contributed by atoms with Crippen LogP contribution in [-0.2, 0) is 0 Å². The Bertz CT molecular complexity index is 656. The fourth-order valence-corrected chi connectivity index (χ4v) is 3.05. The van der Waals surface area contributed by atoms with Crippen LogP contribution in [0.25, 0.3) is 5.52 Å². The maximum absolute atomic E-state index is 11.0. The number of nitrogens with zero attached hydrogens (tertiary/aromatic N) is 4. The van der Waals surface area contributed by atoms with Crippen LogP contribution in [0.4, 0.5) is 10.6 Å². The van der Waals surface area contributed by atoms with E-state index in [1.807, 2.05) is 4.40 Å². The highest BCUT2D eigenvalue weighted by Gasteiger charge is 2.30. The standard InChI is InChI=1S/C11H12BrN5O2/c12-8-7-9(13)14-2-4-17(7)10(15-8)6-1-3-16(5-6)11(18)19/h2,4,6H,1,3,5H2,(H2,13,14)(H,18,19)/t6-/m0/s1. The van der Waals surface area contributed by atoms with Crippen molar-refractivity contribution in [3.63, 3.8) is 0 Å². The predicted octanol–water partition coefficient (Wildman–Crippen LogP) is 1.54. The van der Waals surface area contributed by atoms with E-state index in [-0.39, 0.29) is 5.92 Å². The smallest absolute Gasteiger partial charge is 0.407 e. The Hall–Kier alpha value is -1.83. The van der Waals surface area contributed by atoms with Crippen molar-refractivity contribution in [3.05, 3.63) is 22.8 Å². The number of anilines is 1. The molecule has 0 saturated carbocycles. The van der Waals surface area contributed by atoms with E-state index in [0.717, 1.165) is 17.8 Å². The number of rotatable bonds is 1. The first-order chi connectivity index (χ1) is 9.08. The van der Waals surface area contributed by atoms with Crippen LogP contribution in [0.2, 0.25) is 0 Å². The molecular formula is C11H12BrN5O2. The number of likely N-dealkylation sites (tertiary alicyclic amines) is 1. The molecule has 1 aliphatic heterocycles. The highest BCUT2D eigenvalue weighted by Crippen LogP contribution is 2.31. The molecule has 0 spiro atoms. The van der Waals surface area contributed by atoms with E-state index in [0.29, 0.717) is 23.5 Å². The molecule has 0 bridgehead atoms. The minimum atomic E-state index is -0.886. The van der Waals surface area contributed by atoms with E-state index >= 15 is 0 Å². The molecule has 8 heteroatoms. The van der Waals surface area contributed by atoms with Crippen molar-refractivity contribution in [2.24, 2.45) is 0 Å². The summed E-state index contributed by atoms with van der Waals surface area (Å²) in [5.74, 6) is 1.30. The summed E-state index contributed by atoms with van der Waals surface area (Å²) in [5.41, 5.74) is 6.57. The lowest BCUT2D eigenvalue weighted by Crippen LogP contribution is -2.26. The average Bonchev–Trinajstić information content (AvgIpc) is 2.95. The van der Waals surface area contributed by atoms with Gasteiger partial charge in [0.2, 0.25) is 0 Å². The van der Waals surface area contributed by atoms with Crippen molar-refractivity contribution in [3.8, 4) is 0 Å². The summed E-state index contributed by atoms with van der Waals surface area (Å²) in [6.07, 6.45) is 3.29. The monoisotopic (exact) mass is 325 g/mol. The third-order valence-corrected chi connectivity index (χ3v) is 3.94. The molecule has 1 amide bonds. The Morgan fingerprint density at radius 3 is 3.05 bits per heavy atom. The van der Waals surface area contributed by atoms with Gasteiger partial charge in [-0.25, -0.2) is 14.8 Å². The molecule has 19 heavy (non-hydrogen) atoms. The molecule has 1 atom stereocenters. The summed E-state index contributed by atoms with van der Waals surface area (Å²) in [6.45, 7) is 0.996. The van der Waals surface area contributed by atoms with Gasteiger partial charge >= 0.3 is 6.09 Å². The Morgan fingerprint density at radius 1 is 1.58 bits per heavy atom. The quantitative estimate of drug-likeness (QED) is 0.829. The second-order valence-corrected chi connectivity index (χ2v) is 5.26. The Morgan fingerprint density at radius 2 is 2.37 bits per heavy atom. The van der Waals surface area contributed by atoms with Gasteiger partial charge in [-0.2, -0.15) is 0 Å². The molecule has 100 valence electrons. The molecule has 2 aromatic rings. The van der Waals surface area contributed by atoms with Gasteiger partial charge in [0.1, 0.15) is 15.9 Å². The van der Waals surface area contributed by atoms with Gasteiger partial charge in [-0.1, -0.05) is 0 Å². The number of hydrogen-bond acceptors (Lipinski definition) is 4. The summed E-state index contributed by atoms with van der Waals surface area (Å²) >= 11 is 3.38. The zero-order valence-electron chi connectivity index (χ0n) is 9.95. The number of imidazole rings is 1. The molecule has 0 aromatic carbocycles. The third-order valence-electron chi connectivity index (χ3n) is 3.39. The van der Waals surface area contributed by atoms with Gasteiger partial charge < -0.3 is 15.7 Å². The molecule has 0 radical (unpaired) electrons. The molecule has 3 N–H and O–H groups in total. The minimum Gasteiger partial charge on any atom is -0.465 e. The first-order valence-electron chi connectivity index (χ1n) is 5.83. The van der Waals surface area contributed by atoms with Crippen LogP contribution in [0.5, 0.6) is 0 Å². The number of halogens is 1. The van der Waals surface area contributed by atoms with Crippen molar-refractivity contribution in [2.45, 2.75) is 12.3 Å². The number of nitrogen functional groups attached to an aromatic ring is 1. The molecule has 3 rings (SSSR count). The van der Waals surface area contributed by atoms with E-state index in [4.69, 9.17) is 10.8 Å². The number of amides is 1. The SMILES string of the molecule is Nc1nccn2c([C@H]3CCN(C(=O)O)C3)nc(Br)c12. The number of nitrogens with two attached hydrogens (primary N) is 1. The van der Waals surface area contributed by atoms with Gasteiger partial charge in [0, 0.05) is 31.4 Å². The Kier molecular flexibility index (Phi) is 2.81. The van der Waals surface area contributed by atoms with Gasteiger partial charge in [0.25, 0.3) is 0 Å². The van der Waals surface area contributed by atoms with Crippen molar-refractivity contribution in [2.75, 3.05) is 18.8 Å². The molecule has 1 aliphatic rings. The maximum atomic E-state index is 11.0. The molecule has 7 nitrogen and oxygen atoms in total. The summed E-state index contributed by atoms with van der Waals surface area (Å²) in [7, 11) is 0. The molecule has 1 fully saturated rings. The van der Waals surface area contributed by atoms with Crippen LogP contribution in [-0.4, -0.2) is 43.6 Å². The average molecular weight is 326 g/mol. The van der Waals surface area contributed by atoms with Crippen molar-refractivity contribution < 1.29 is 9.90 Å². The summed E-state index contributed by atoms with van der Waals surface area (Å²) in [5, 5.41) is 9.00. The second kappa shape index (κ2) is 4.37. The van der Waals surface area contributed by atoms with Crippen LogP contribution in [0.15, 0.2) is 17.0 Å². The fraction of sp³-hybridized carbons (Fsp3) is 0.364. The normalized spacial score (nSPS) is 19.2. The fourth-order valence-electron chi connectivity index (χ4n) is 2.48. The molecular weight excluding hydrogens is 314 g/mol. The predicted molar refractivity (Wildman–Crippen MR) is 72.1 cm³/mol. The largest absolute Gasteiger partial charge is 0.465 e. The summed E-state index contributed by atoms with van der Waals surface area (Å²) < 4.78 is 2.52. The van der Waals surface area contributed by atoms with E-state index in [2.05, 4.69) is 25.9 Å². The van der Waals surface area contributed by atoms with Crippen LogP contribution in [0, 0.1) is 0 Å². The first kappa shape index (κ1) is 12.2. The number of carbonyl (C=O) groups is 1. The lowest BCUT2D eigenvalue weighted by Gasteiger charge is -2.11. The third kappa shape index (κ3) is 1.92. The molecule has 0 unspecified atom stereocenters. The second-order valence-electron chi connectivity index (χ2n) is 4.51. The summed E-state index contributed by atoms with van der Waals surface area (Å²) in [6, 6.07) is 0. The molecule has 3 heterocycles. The number of hydrogen-bond donors (Lipinski definition) is 2. The lowest BCUT2D eigenvalue weighted by atomic mass is 10.1. The van der Waals surface area contributed by atoms with Crippen LogP contribution in [0.3, 0.4) is 0 Å². The van der Waals surface area contributed by atoms with Crippen LogP contribution >= 0.6 is 15.9 Å². The molecule has 0 aliphatic carbocycles. The van der Waals surface area contributed by atoms with Gasteiger partial charge in [-0.15, -0.1) is 0 Å². The van der Waals surface area contributed by atoms with E-state index in [9.17, 15) is 4.79 Å². The first-order valence-corrected chi connectivity index (χ1v) is 6.63. The zero-order valence-corrected chi connectivity index (χ0v) is 11.5. The summed E-state index contributed by atoms with van der Waals surface area (Å²) in [4.78, 5) is 20.9. The zero-order chi connectivity index (χ0) is 13.6. The van der Waals surface area contributed by atoms with Crippen molar-refractivity contribution in [1.29, 1.82) is 0 Å². The van der Waals surface area contributed by atoms with Gasteiger partial charge in [0.05, 0.1) is 0 Å². The maximum Gasteiger partial charge on any atom is 0.407 e. The molecule has 1 saturated heterocycles. The highest BCUT2D eigenvalue weighted by atomic mass is 79.9. The van der Waals surface area contributed by atoms with Crippen molar-refractivity contribution >= 4 is 33.4 Å². The molecule has 2 aromatic heterocycles. The van der Waals surface area contributed by atoms with Gasteiger partial charge in [-0.3, -0.25) is 4.40 Å².